The Bertz CT molecular complexity index is 602. The van der Waals surface area contributed by atoms with Gasteiger partial charge in [0.15, 0.2) is 11.5 Å². The van der Waals surface area contributed by atoms with E-state index in [0.29, 0.717) is 5.92 Å². The summed E-state index contributed by atoms with van der Waals surface area (Å²) in [6.07, 6.45) is 1.01. The number of benzene rings is 2. The topological polar surface area (TPSA) is 18.5 Å². The lowest BCUT2D eigenvalue weighted by atomic mass is 9.86. The summed E-state index contributed by atoms with van der Waals surface area (Å²) in [7, 11) is 3.30. The van der Waals surface area contributed by atoms with Gasteiger partial charge in [0.1, 0.15) is 0 Å². The Morgan fingerprint density at radius 1 is 1.00 bits per heavy atom. The predicted octanol–water partition coefficient (Wildman–Crippen LogP) is 4.91. The first-order chi connectivity index (χ1) is 10.2. The van der Waals surface area contributed by atoms with Gasteiger partial charge in [-0.05, 0) is 35.3 Å². The maximum atomic E-state index is 5.38. The molecule has 2 rings (SSSR count). The van der Waals surface area contributed by atoms with Crippen molar-refractivity contribution in [2.45, 2.75) is 19.3 Å². The van der Waals surface area contributed by atoms with Crippen molar-refractivity contribution in [3.63, 3.8) is 0 Å². The van der Waals surface area contributed by atoms with Gasteiger partial charge in [0.25, 0.3) is 0 Å². The van der Waals surface area contributed by atoms with Crippen molar-refractivity contribution in [3.05, 3.63) is 66.2 Å². The Morgan fingerprint density at radius 3 is 2.24 bits per heavy atom. The number of hydrogen-bond donors (Lipinski definition) is 0. The van der Waals surface area contributed by atoms with Gasteiger partial charge in [0.05, 0.1) is 14.2 Å². The molecule has 0 aliphatic rings. The van der Waals surface area contributed by atoms with Crippen LogP contribution in [0.25, 0.3) is 5.57 Å². The summed E-state index contributed by atoms with van der Waals surface area (Å²) >= 11 is 0. The molecule has 0 saturated heterocycles. The van der Waals surface area contributed by atoms with Crippen molar-refractivity contribution in [1.29, 1.82) is 0 Å². The second-order valence-electron chi connectivity index (χ2n) is 4.97. The van der Waals surface area contributed by atoms with Crippen LogP contribution >= 0.6 is 0 Å². The molecule has 2 nitrogen and oxygen atoms in total. The van der Waals surface area contributed by atoms with E-state index in [9.17, 15) is 0 Å². The van der Waals surface area contributed by atoms with Crippen molar-refractivity contribution in [2.75, 3.05) is 14.2 Å². The maximum absolute atomic E-state index is 5.38. The molecular formula is C19H22O2. The minimum atomic E-state index is 0.310. The molecule has 2 heteroatoms. The third-order valence-electron chi connectivity index (χ3n) is 3.79. The SMILES string of the molecule is C=C(c1ccc(OC)c(OC)c1)C(CC)c1ccccc1. The molecule has 0 aliphatic carbocycles. The van der Waals surface area contributed by atoms with Gasteiger partial charge in [-0.3, -0.25) is 0 Å². The Hall–Kier alpha value is -2.22. The van der Waals surface area contributed by atoms with Crippen LogP contribution in [-0.2, 0) is 0 Å². The molecule has 0 aliphatic heterocycles. The first kappa shape index (κ1) is 15.2. The summed E-state index contributed by atoms with van der Waals surface area (Å²) in [5.41, 5.74) is 3.48. The van der Waals surface area contributed by atoms with Crippen molar-refractivity contribution >= 4 is 5.57 Å². The summed E-state index contributed by atoms with van der Waals surface area (Å²) in [6, 6.07) is 16.4. The number of ether oxygens (including phenoxy) is 2. The van der Waals surface area contributed by atoms with E-state index in [0.717, 1.165) is 29.1 Å². The fourth-order valence-corrected chi connectivity index (χ4v) is 2.61. The highest BCUT2D eigenvalue weighted by molar-refractivity contribution is 5.71. The summed E-state index contributed by atoms with van der Waals surface area (Å²) < 4.78 is 10.7. The zero-order valence-corrected chi connectivity index (χ0v) is 12.9. The Labute approximate surface area is 127 Å². The number of allylic oxidation sites excluding steroid dienone is 1. The lowest BCUT2D eigenvalue weighted by molar-refractivity contribution is 0.355. The molecule has 1 unspecified atom stereocenters. The highest BCUT2D eigenvalue weighted by Gasteiger charge is 2.16. The van der Waals surface area contributed by atoms with Gasteiger partial charge in [-0.25, -0.2) is 0 Å². The van der Waals surface area contributed by atoms with E-state index >= 15 is 0 Å². The van der Waals surface area contributed by atoms with Crippen LogP contribution in [0.1, 0.15) is 30.4 Å². The molecule has 0 N–H and O–H groups in total. The average Bonchev–Trinajstić information content (AvgIpc) is 2.55. The number of methoxy groups -OCH3 is 2. The summed E-state index contributed by atoms with van der Waals surface area (Å²) in [6.45, 7) is 6.49. The van der Waals surface area contributed by atoms with Crippen LogP contribution in [0.15, 0.2) is 55.1 Å². The second-order valence-corrected chi connectivity index (χ2v) is 4.97. The van der Waals surface area contributed by atoms with Gasteiger partial charge >= 0.3 is 0 Å². The lowest BCUT2D eigenvalue weighted by Crippen LogP contribution is -2.01. The zero-order valence-electron chi connectivity index (χ0n) is 12.9. The van der Waals surface area contributed by atoms with Crippen molar-refractivity contribution in [3.8, 4) is 11.5 Å². The zero-order chi connectivity index (χ0) is 15.2. The largest absolute Gasteiger partial charge is 0.493 e. The number of hydrogen-bond acceptors (Lipinski definition) is 2. The van der Waals surface area contributed by atoms with E-state index in [-0.39, 0.29) is 0 Å². The summed E-state index contributed by atoms with van der Waals surface area (Å²) in [4.78, 5) is 0. The molecule has 1 atom stereocenters. The third-order valence-corrected chi connectivity index (χ3v) is 3.79. The second kappa shape index (κ2) is 6.98. The Balaban J connectivity index is 2.34. The van der Waals surface area contributed by atoms with E-state index in [1.807, 2.05) is 24.3 Å². The minimum Gasteiger partial charge on any atom is -0.493 e. The fraction of sp³-hybridized carbons (Fsp3) is 0.263. The minimum absolute atomic E-state index is 0.310. The number of rotatable bonds is 6. The molecule has 0 heterocycles. The van der Waals surface area contributed by atoms with Crippen LogP contribution in [0.5, 0.6) is 11.5 Å². The van der Waals surface area contributed by atoms with Gasteiger partial charge in [-0.1, -0.05) is 49.9 Å². The van der Waals surface area contributed by atoms with Crippen LogP contribution in [0.2, 0.25) is 0 Å². The lowest BCUT2D eigenvalue weighted by Gasteiger charge is -2.20. The van der Waals surface area contributed by atoms with Gasteiger partial charge in [-0.15, -0.1) is 0 Å². The summed E-state index contributed by atoms with van der Waals surface area (Å²) in [5, 5.41) is 0. The van der Waals surface area contributed by atoms with Gasteiger partial charge in [0.2, 0.25) is 0 Å². The molecule has 110 valence electrons. The van der Waals surface area contributed by atoms with E-state index < -0.39 is 0 Å². The van der Waals surface area contributed by atoms with Gasteiger partial charge in [-0.2, -0.15) is 0 Å². The molecule has 2 aromatic rings. The molecule has 0 aromatic heterocycles. The van der Waals surface area contributed by atoms with Gasteiger partial charge < -0.3 is 9.47 Å². The quantitative estimate of drug-likeness (QED) is 0.749. The Kier molecular flexibility index (Phi) is 5.04. The summed E-state index contributed by atoms with van der Waals surface area (Å²) in [5.74, 6) is 1.78. The third kappa shape index (κ3) is 3.27. The molecule has 2 aromatic carbocycles. The highest BCUT2D eigenvalue weighted by atomic mass is 16.5. The molecule has 0 bridgehead atoms. The fourth-order valence-electron chi connectivity index (χ4n) is 2.61. The highest BCUT2D eigenvalue weighted by Crippen LogP contribution is 2.37. The van der Waals surface area contributed by atoms with Crippen LogP contribution in [-0.4, -0.2) is 14.2 Å². The van der Waals surface area contributed by atoms with Crippen LogP contribution < -0.4 is 9.47 Å². The monoisotopic (exact) mass is 282 g/mol. The first-order valence-electron chi connectivity index (χ1n) is 7.17. The molecule has 0 saturated carbocycles. The van der Waals surface area contributed by atoms with Crippen molar-refractivity contribution in [2.24, 2.45) is 0 Å². The van der Waals surface area contributed by atoms with Crippen molar-refractivity contribution in [1.82, 2.24) is 0 Å². The van der Waals surface area contributed by atoms with Gasteiger partial charge in [0, 0.05) is 5.92 Å². The Morgan fingerprint density at radius 2 is 1.67 bits per heavy atom. The van der Waals surface area contributed by atoms with E-state index in [2.05, 4.69) is 37.8 Å². The van der Waals surface area contributed by atoms with Crippen LogP contribution in [0.3, 0.4) is 0 Å². The first-order valence-corrected chi connectivity index (χ1v) is 7.17. The molecule has 0 fully saturated rings. The van der Waals surface area contributed by atoms with Crippen LogP contribution in [0.4, 0.5) is 0 Å². The molecule has 21 heavy (non-hydrogen) atoms. The molecular weight excluding hydrogens is 260 g/mol. The molecule has 0 spiro atoms. The standard InChI is InChI=1S/C19H22O2/c1-5-17(15-9-7-6-8-10-15)14(2)16-11-12-18(20-3)19(13-16)21-4/h6-13,17H,2,5H2,1,3-4H3. The molecule has 0 amide bonds. The van der Waals surface area contributed by atoms with E-state index in [4.69, 9.17) is 9.47 Å². The van der Waals surface area contributed by atoms with E-state index in [1.165, 1.54) is 5.56 Å². The van der Waals surface area contributed by atoms with E-state index in [1.54, 1.807) is 14.2 Å². The smallest absolute Gasteiger partial charge is 0.161 e. The predicted molar refractivity (Wildman–Crippen MR) is 88.1 cm³/mol. The van der Waals surface area contributed by atoms with Crippen LogP contribution in [0, 0.1) is 0 Å². The average molecular weight is 282 g/mol. The maximum Gasteiger partial charge on any atom is 0.161 e. The normalized spacial score (nSPS) is 11.8. The molecule has 0 radical (unpaired) electrons. The van der Waals surface area contributed by atoms with Crippen molar-refractivity contribution < 1.29 is 9.47 Å².